The first-order chi connectivity index (χ1) is 6.25. The molecular weight excluding hydrogens is 198 g/mol. The molecule has 0 bridgehead atoms. The van der Waals surface area contributed by atoms with Gasteiger partial charge in [-0.2, -0.15) is 0 Å². The monoisotopic (exact) mass is 213 g/mol. The van der Waals surface area contributed by atoms with Crippen molar-refractivity contribution in [2.45, 2.75) is 19.2 Å². The summed E-state index contributed by atoms with van der Waals surface area (Å²) in [6.45, 7) is 5.63. The highest BCUT2D eigenvalue weighted by Gasteiger charge is 2.19. The van der Waals surface area contributed by atoms with Crippen molar-refractivity contribution in [1.29, 1.82) is 0 Å². The van der Waals surface area contributed by atoms with E-state index >= 15 is 0 Å². The Morgan fingerprint density at radius 1 is 1.54 bits per heavy atom. The number of nitrogens with one attached hydrogen (secondary N) is 1. The van der Waals surface area contributed by atoms with Gasteiger partial charge in [0, 0.05) is 4.88 Å². The first-order valence-corrected chi connectivity index (χ1v) is 6.58. The van der Waals surface area contributed by atoms with Crippen molar-refractivity contribution >= 4 is 23.1 Å². The van der Waals surface area contributed by atoms with Gasteiger partial charge in [-0.05, 0) is 42.1 Å². The van der Waals surface area contributed by atoms with Gasteiger partial charge in [-0.3, -0.25) is 0 Å². The fourth-order valence-electron chi connectivity index (χ4n) is 1.50. The summed E-state index contributed by atoms with van der Waals surface area (Å²) in [6, 6.07) is 2.30. The number of hydrogen-bond acceptors (Lipinski definition) is 3. The lowest BCUT2D eigenvalue weighted by atomic mass is 10.2. The molecule has 1 aromatic rings. The third-order valence-electron chi connectivity index (χ3n) is 2.25. The minimum atomic E-state index is 0.543. The van der Waals surface area contributed by atoms with E-state index < -0.39 is 0 Å². The SMILES string of the molecule is Cc1cc(C2NCC(C)CS2)cs1. The molecule has 0 spiro atoms. The van der Waals surface area contributed by atoms with E-state index in [2.05, 4.69) is 30.6 Å². The molecule has 0 aromatic carbocycles. The lowest BCUT2D eigenvalue weighted by Crippen LogP contribution is -2.30. The van der Waals surface area contributed by atoms with E-state index in [9.17, 15) is 0 Å². The van der Waals surface area contributed by atoms with Crippen molar-refractivity contribution in [1.82, 2.24) is 5.32 Å². The maximum atomic E-state index is 3.57. The number of thioether (sulfide) groups is 1. The van der Waals surface area contributed by atoms with E-state index in [1.54, 1.807) is 0 Å². The van der Waals surface area contributed by atoms with Crippen LogP contribution in [0.15, 0.2) is 11.4 Å². The van der Waals surface area contributed by atoms with Gasteiger partial charge in [-0.15, -0.1) is 23.1 Å². The standard InChI is InChI=1S/C10H15NS2/c1-7-4-11-10(13-5-7)9-3-8(2)12-6-9/h3,6-7,10-11H,4-5H2,1-2H3. The van der Waals surface area contributed by atoms with Crippen LogP contribution < -0.4 is 5.32 Å². The molecule has 2 unspecified atom stereocenters. The third kappa shape index (κ3) is 2.27. The molecule has 0 aliphatic carbocycles. The van der Waals surface area contributed by atoms with E-state index in [1.807, 2.05) is 23.1 Å². The minimum absolute atomic E-state index is 0.543. The lowest BCUT2D eigenvalue weighted by Gasteiger charge is -2.26. The Bertz CT molecular complexity index is 274. The van der Waals surface area contributed by atoms with E-state index in [0.717, 1.165) is 12.5 Å². The Labute approximate surface area is 87.9 Å². The quantitative estimate of drug-likeness (QED) is 0.769. The zero-order chi connectivity index (χ0) is 9.26. The number of thiophene rings is 1. The van der Waals surface area contributed by atoms with Crippen molar-refractivity contribution in [3.63, 3.8) is 0 Å². The van der Waals surface area contributed by atoms with Gasteiger partial charge >= 0.3 is 0 Å². The molecule has 72 valence electrons. The lowest BCUT2D eigenvalue weighted by molar-refractivity contribution is 0.530. The molecule has 0 radical (unpaired) electrons. The molecule has 1 saturated heterocycles. The van der Waals surface area contributed by atoms with Crippen LogP contribution in [0.3, 0.4) is 0 Å². The normalized spacial score (nSPS) is 29.1. The van der Waals surface area contributed by atoms with Crippen LogP contribution in [0.5, 0.6) is 0 Å². The average molecular weight is 213 g/mol. The second-order valence-corrected chi connectivity index (χ2v) is 5.97. The smallest absolute Gasteiger partial charge is 0.0797 e. The molecule has 1 nitrogen and oxygen atoms in total. The maximum absolute atomic E-state index is 3.57. The molecule has 13 heavy (non-hydrogen) atoms. The van der Waals surface area contributed by atoms with Gasteiger partial charge in [-0.25, -0.2) is 0 Å². The summed E-state index contributed by atoms with van der Waals surface area (Å²) in [5.41, 5.74) is 1.46. The number of hydrogen-bond donors (Lipinski definition) is 1. The molecular formula is C10H15NS2. The molecule has 1 aliphatic heterocycles. The summed E-state index contributed by atoms with van der Waals surface area (Å²) in [5, 5.41) is 6.38. The fraction of sp³-hybridized carbons (Fsp3) is 0.600. The van der Waals surface area contributed by atoms with Crippen LogP contribution in [0, 0.1) is 12.8 Å². The van der Waals surface area contributed by atoms with Crippen molar-refractivity contribution in [2.75, 3.05) is 12.3 Å². The summed E-state index contributed by atoms with van der Waals surface area (Å²) in [4.78, 5) is 1.41. The summed E-state index contributed by atoms with van der Waals surface area (Å²) >= 11 is 3.88. The van der Waals surface area contributed by atoms with Crippen LogP contribution in [0.2, 0.25) is 0 Å². The van der Waals surface area contributed by atoms with Gasteiger partial charge in [0.25, 0.3) is 0 Å². The summed E-state index contributed by atoms with van der Waals surface area (Å²) in [7, 11) is 0. The summed E-state index contributed by atoms with van der Waals surface area (Å²) < 4.78 is 0. The van der Waals surface area contributed by atoms with E-state index in [4.69, 9.17) is 0 Å². The average Bonchev–Trinajstić information content (AvgIpc) is 2.53. The second kappa shape index (κ2) is 4.03. The number of rotatable bonds is 1. The first kappa shape index (κ1) is 9.56. The fourth-order valence-corrected chi connectivity index (χ4v) is 3.50. The van der Waals surface area contributed by atoms with Crippen LogP contribution in [0.4, 0.5) is 0 Å². The summed E-state index contributed by atoms with van der Waals surface area (Å²) in [6.07, 6.45) is 0. The topological polar surface area (TPSA) is 12.0 Å². The molecule has 1 fully saturated rings. The van der Waals surface area contributed by atoms with Crippen molar-refractivity contribution < 1.29 is 0 Å². The molecule has 0 saturated carbocycles. The van der Waals surface area contributed by atoms with Gasteiger partial charge < -0.3 is 5.32 Å². The predicted molar refractivity (Wildman–Crippen MR) is 61.4 cm³/mol. The molecule has 1 aromatic heterocycles. The minimum Gasteiger partial charge on any atom is -0.301 e. The van der Waals surface area contributed by atoms with E-state index in [-0.39, 0.29) is 0 Å². The molecule has 2 atom stereocenters. The van der Waals surface area contributed by atoms with Gasteiger partial charge in [0.2, 0.25) is 0 Å². The second-order valence-electron chi connectivity index (χ2n) is 3.72. The van der Waals surface area contributed by atoms with E-state index in [1.165, 1.54) is 16.2 Å². The molecule has 3 heteroatoms. The Kier molecular flexibility index (Phi) is 2.96. The van der Waals surface area contributed by atoms with Gasteiger partial charge in [0.1, 0.15) is 0 Å². The van der Waals surface area contributed by atoms with Crippen molar-refractivity contribution in [3.8, 4) is 0 Å². The highest BCUT2D eigenvalue weighted by Crippen LogP contribution is 2.33. The Morgan fingerprint density at radius 2 is 2.38 bits per heavy atom. The van der Waals surface area contributed by atoms with Crippen LogP contribution in [0.25, 0.3) is 0 Å². The van der Waals surface area contributed by atoms with Gasteiger partial charge in [-0.1, -0.05) is 6.92 Å². The first-order valence-electron chi connectivity index (χ1n) is 4.65. The molecule has 2 rings (SSSR count). The largest absolute Gasteiger partial charge is 0.301 e. The van der Waals surface area contributed by atoms with Crippen LogP contribution in [0.1, 0.15) is 22.7 Å². The Balaban J connectivity index is 2.02. The Morgan fingerprint density at radius 3 is 2.92 bits per heavy atom. The maximum Gasteiger partial charge on any atom is 0.0797 e. The molecule has 2 heterocycles. The van der Waals surface area contributed by atoms with Gasteiger partial charge in [0.15, 0.2) is 0 Å². The molecule has 1 aliphatic rings. The van der Waals surface area contributed by atoms with Crippen LogP contribution >= 0.6 is 23.1 Å². The highest BCUT2D eigenvalue weighted by atomic mass is 32.2. The number of aryl methyl sites for hydroxylation is 1. The zero-order valence-corrected chi connectivity index (χ0v) is 9.67. The zero-order valence-electron chi connectivity index (χ0n) is 8.04. The predicted octanol–water partition coefficient (Wildman–Crippen LogP) is 3.03. The summed E-state index contributed by atoms with van der Waals surface area (Å²) in [5.74, 6) is 2.10. The highest BCUT2D eigenvalue weighted by molar-refractivity contribution is 7.99. The van der Waals surface area contributed by atoms with E-state index in [0.29, 0.717) is 5.37 Å². The Hall–Kier alpha value is 0.01000. The van der Waals surface area contributed by atoms with Gasteiger partial charge in [0.05, 0.1) is 5.37 Å². The van der Waals surface area contributed by atoms with Crippen LogP contribution in [-0.4, -0.2) is 12.3 Å². The molecule has 1 N–H and O–H groups in total. The van der Waals surface area contributed by atoms with Crippen molar-refractivity contribution in [2.24, 2.45) is 5.92 Å². The van der Waals surface area contributed by atoms with Crippen molar-refractivity contribution in [3.05, 3.63) is 21.9 Å². The van der Waals surface area contributed by atoms with Crippen LogP contribution in [-0.2, 0) is 0 Å². The third-order valence-corrected chi connectivity index (χ3v) is 4.67. The molecule has 0 amide bonds.